The van der Waals surface area contributed by atoms with Gasteiger partial charge in [-0.15, -0.1) is 0 Å². The number of anilines is 1. The molecule has 1 aliphatic heterocycles. The van der Waals surface area contributed by atoms with Gasteiger partial charge >= 0.3 is 0 Å². The van der Waals surface area contributed by atoms with Crippen LogP contribution < -0.4 is 5.32 Å². The SMILES string of the molecule is Clc1cc(Br)ccc1NCCCN1CCCC1. The first kappa shape index (κ1) is 13.2. The third kappa shape index (κ3) is 4.16. The molecular weight excluding hydrogens is 300 g/mol. The largest absolute Gasteiger partial charge is 0.384 e. The predicted molar refractivity (Wildman–Crippen MR) is 77.9 cm³/mol. The summed E-state index contributed by atoms with van der Waals surface area (Å²) in [4.78, 5) is 2.53. The molecule has 1 aliphatic rings. The minimum atomic E-state index is 0.778. The zero-order valence-electron chi connectivity index (χ0n) is 9.88. The van der Waals surface area contributed by atoms with Crippen LogP contribution in [-0.2, 0) is 0 Å². The van der Waals surface area contributed by atoms with Crippen LogP contribution in [-0.4, -0.2) is 31.1 Å². The topological polar surface area (TPSA) is 15.3 Å². The molecule has 0 aromatic heterocycles. The molecule has 1 N–H and O–H groups in total. The molecule has 4 heteroatoms. The van der Waals surface area contributed by atoms with Gasteiger partial charge < -0.3 is 10.2 Å². The van der Waals surface area contributed by atoms with E-state index in [1.807, 2.05) is 18.2 Å². The van der Waals surface area contributed by atoms with Crippen LogP contribution in [0.25, 0.3) is 0 Å². The van der Waals surface area contributed by atoms with E-state index < -0.39 is 0 Å². The van der Waals surface area contributed by atoms with Crippen LogP contribution in [0.4, 0.5) is 5.69 Å². The lowest BCUT2D eigenvalue weighted by Gasteiger charge is -2.15. The van der Waals surface area contributed by atoms with Crippen molar-refractivity contribution in [2.45, 2.75) is 19.3 Å². The number of nitrogens with one attached hydrogen (secondary N) is 1. The van der Waals surface area contributed by atoms with Crippen molar-refractivity contribution in [3.05, 3.63) is 27.7 Å². The fourth-order valence-corrected chi connectivity index (χ4v) is 2.91. The molecule has 0 spiro atoms. The third-order valence-electron chi connectivity index (χ3n) is 3.10. The Balaban J connectivity index is 1.70. The van der Waals surface area contributed by atoms with E-state index in [1.165, 1.54) is 38.9 Å². The molecule has 0 aliphatic carbocycles. The van der Waals surface area contributed by atoms with E-state index in [2.05, 4.69) is 26.1 Å². The van der Waals surface area contributed by atoms with Gasteiger partial charge in [0.25, 0.3) is 0 Å². The Morgan fingerprint density at radius 2 is 2.06 bits per heavy atom. The predicted octanol–water partition coefficient (Wildman–Crippen LogP) is 4.00. The van der Waals surface area contributed by atoms with Crippen molar-refractivity contribution >= 4 is 33.2 Å². The molecule has 0 amide bonds. The summed E-state index contributed by atoms with van der Waals surface area (Å²) in [6.07, 6.45) is 3.91. The molecule has 0 unspecified atom stereocenters. The fraction of sp³-hybridized carbons (Fsp3) is 0.538. The van der Waals surface area contributed by atoms with Gasteiger partial charge in [-0.1, -0.05) is 27.5 Å². The van der Waals surface area contributed by atoms with Gasteiger partial charge in [0.05, 0.1) is 10.7 Å². The highest BCUT2D eigenvalue weighted by Crippen LogP contribution is 2.25. The molecule has 94 valence electrons. The normalized spacial score (nSPS) is 16.4. The van der Waals surface area contributed by atoms with Crippen LogP contribution in [0, 0.1) is 0 Å². The molecular formula is C13H18BrClN2. The lowest BCUT2D eigenvalue weighted by molar-refractivity contribution is 0.337. The molecule has 1 aromatic carbocycles. The van der Waals surface area contributed by atoms with E-state index in [4.69, 9.17) is 11.6 Å². The maximum Gasteiger partial charge on any atom is 0.0648 e. The van der Waals surface area contributed by atoms with Gasteiger partial charge in [0.15, 0.2) is 0 Å². The first-order valence-corrected chi connectivity index (χ1v) is 7.34. The van der Waals surface area contributed by atoms with E-state index in [9.17, 15) is 0 Å². The minimum absolute atomic E-state index is 0.778. The zero-order valence-corrected chi connectivity index (χ0v) is 12.2. The monoisotopic (exact) mass is 316 g/mol. The first-order valence-electron chi connectivity index (χ1n) is 6.17. The summed E-state index contributed by atoms with van der Waals surface area (Å²) in [5, 5.41) is 4.16. The van der Waals surface area contributed by atoms with Crippen molar-refractivity contribution in [2.24, 2.45) is 0 Å². The van der Waals surface area contributed by atoms with Crippen LogP contribution in [0.5, 0.6) is 0 Å². The zero-order chi connectivity index (χ0) is 12.1. The van der Waals surface area contributed by atoms with E-state index in [0.29, 0.717) is 0 Å². The van der Waals surface area contributed by atoms with Crippen molar-refractivity contribution in [1.29, 1.82) is 0 Å². The Morgan fingerprint density at radius 1 is 1.29 bits per heavy atom. The molecule has 1 heterocycles. The number of hydrogen-bond acceptors (Lipinski definition) is 2. The van der Waals surface area contributed by atoms with Crippen LogP contribution in [0.15, 0.2) is 22.7 Å². The van der Waals surface area contributed by atoms with Gasteiger partial charge in [-0.2, -0.15) is 0 Å². The van der Waals surface area contributed by atoms with Crippen molar-refractivity contribution in [1.82, 2.24) is 4.90 Å². The molecule has 2 nitrogen and oxygen atoms in total. The summed E-state index contributed by atoms with van der Waals surface area (Å²) >= 11 is 9.54. The summed E-state index contributed by atoms with van der Waals surface area (Å²) in [6, 6.07) is 5.95. The lowest BCUT2D eigenvalue weighted by Crippen LogP contribution is -2.22. The van der Waals surface area contributed by atoms with Crippen molar-refractivity contribution in [2.75, 3.05) is 31.5 Å². The molecule has 0 saturated carbocycles. The van der Waals surface area contributed by atoms with Crippen LogP contribution >= 0.6 is 27.5 Å². The summed E-state index contributed by atoms with van der Waals surface area (Å²) in [6.45, 7) is 4.73. The summed E-state index contributed by atoms with van der Waals surface area (Å²) in [5.74, 6) is 0. The molecule has 2 rings (SSSR count). The quantitative estimate of drug-likeness (QED) is 0.826. The highest BCUT2D eigenvalue weighted by molar-refractivity contribution is 9.10. The average molecular weight is 318 g/mol. The number of halogens is 2. The summed E-state index contributed by atoms with van der Waals surface area (Å²) in [7, 11) is 0. The summed E-state index contributed by atoms with van der Waals surface area (Å²) in [5.41, 5.74) is 1.02. The van der Waals surface area contributed by atoms with Gasteiger partial charge in [0, 0.05) is 11.0 Å². The molecule has 1 aromatic rings. The van der Waals surface area contributed by atoms with Crippen LogP contribution in [0.1, 0.15) is 19.3 Å². The third-order valence-corrected chi connectivity index (χ3v) is 3.90. The molecule has 0 atom stereocenters. The number of benzene rings is 1. The first-order chi connectivity index (χ1) is 8.25. The second-order valence-electron chi connectivity index (χ2n) is 4.45. The maximum absolute atomic E-state index is 6.13. The molecule has 0 bridgehead atoms. The molecule has 0 radical (unpaired) electrons. The summed E-state index contributed by atoms with van der Waals surface area (Å²) < 4.78 is 1.02. The highest BCUT2D eigenvalue weighted by Gasteiger charge is 2.10. The van der Waals surface area contributed by atoms with Gasteiger partial charge in [-0.05, 0) is 57.1 Å². The van der Waals surface area contributed by atoms with Crippen LogP contribution in [0.3, 0.4) is 0 Å². The smallest absolute Gasteiger partial charge is 0.0648 e. The van der Waals surface area contributed by atoms with Crippen molar-refractivity contribution < 1.29 is 0 Å². The Morgan fingerprint density at radius 3 is 2.76 bits per heavy atom. The number of likely N-dealkylation sites (tertiary alicyclic amines) is 1. The van der Waals surface area contributed by atoms with E-state index >= 15 is 0 Å². The van der Waals surface area contributed by atoms with Crippen molar-refractivity contribution in [3.8, 4) is 0 Å². The standard InChI is InChI=1S/C13H18BrClN2/c14-11-4-5-13(12(15)10-11)16-6-3-9-17-7-1-2-8-17/h4-5,10,16H,1-3,6-9H2. The molecule has 17 heavy (non-hydrogen) atoms. The van der Waals surface area contributed by atoms with E-state index in [1.54, 1.807) is 0 Å². The lowest BCUT2D eigenvalue weighted by atomic mass is 10.3. The van der Waals surface area contributed by atoms with E-state index in [-0.39, 0.29) is 0 Å². The maximum atomic E-state index is 6.13. The molecule has 1 fully saturated rings. The Bertz CT molecular complexity index is 364. The van der Waals surface area contributed by atoms with Gasteiger partial charge in [-0.3, -0.25) is 0 Å². The second-order valence-corrected chi connectivity index (χ2v) is 5.78. The van der Waals surface area contributed by atoms with E-state index in [0.717, 1.165) is 21.7 Å². The van der Waals surface area contributed by atoms with Crippen LogP contribution in [0.2, 0.25) is 5.02 Å². The van der Waals surface area contributed by atoms with Gasteiger partial charge in [0.1, 0.15) is 0 Å². The Kier molecular flexibility index (Phi) is 5.14. The Labute approximate surface area is 116 Å². The highest BCUT2D eigenvalue weighted by atomic mass is 79.9. The van der Waals surface area contributed by atoms with Crippen molar-refractivity contribution in [3.63, 3.8) is 0 Å². The number of hydrogen-bond donors (Lipinski definition) is 1. The minimum Gasteiger partial charge on any atom is -0.384 e. The van der Waals surface area contributed by atoms with Gasteiger partial charge in [-0.25, -0.2) is 0 Å². The average Bonchev–Trinajstić information content (AvgIpc) is 2.79. The fourth-order valence-electron chi connectivity index (χ4n) is 2.16. The molecule has 1 saturated heterocycles. The van der Waals surface area contributed by atoms with Gasteiger partial charge in [0.2, 0.25) is 0 Å². The second kappa shape index (κ2) is 6.62. The number of nitrogens with zero attached hydrogens (tertiary/aromatic N) is 1. The number of rotatable bonds is 5. The Hall–Kier alpha value is -0.250.